The number of hydrogen-bond donors (Lipinski definition) is 1. The van der Waals surface area contributed by atoms with Crippen LogP contribution < -0.4 is 5.32 Å². The van der Waals surface area contributed by atoms with E-state index in [1.807, 2.05) is 0 Å². The largest absolute Gasteiger partial charge is 0.320 e. The van der Waals surface area contributed by atoms with Crippen molar-refractivity contribution in [1.82, 2.24) is 19.6 Å². The lowest BCUT2D eigenvalue weighted by Crippen LogP contribution is -2.15. The van der Waals surface area contributed by atoms with Gasteiger partial charge in [-0.2, -0.15) is 10.2 Å². The van der Waals surface area contributed by atoms with Gasteiger partial charge in [0.05, 0.1) is 15.9 Å². The fourth-order valence-corrected chi connectivity index (χ4v) is 2.79. The van der Waals surface area contributed by atoms with Crippen LogP contribution in [0.5, 0.6) is 0 Å². The zero-order valence-electron chi connectivity index (χ0n) is 14.1. The predicted molar refractivity (Wildman–Crippen MR) is 97.9 cm³/mol. The predicted octanol–water partition coefficient (Wildman–Crippen LogP) is 3.21. The molecule has 11 heteroatoms. The number of nitrogens with zero attached hydrogens (tertiary/aromatic N) is 5. The summed E-state index contributed by atoms with van der Waals surface area (Å²) < 4.78 is 16.3. The second kappa shape index (κ2) is 7.66. The number of aryl methyl sites for hydroxylation is 1. The number of benzene rings is 1. The van der Waals surface area contributed by atoms with Crippen molar-refractivity contribution in [3.8, 4) is 0 Å². The molecule has 1 N–H and O–H groups in total. The minimum atomic E-state index is -0.735. The van der Waals surface area contributed by atoms with E-state index in [1.165, 1.54) is 23.0 Å². The van der Waals surface area contributed by atoms with Gasteiger partial charge in [-0.05, 0) is 40.5 Å². The number of carbonyl (C=O) groups excluding carboxylic acids is 1. The SMILES string of the molecule is CCn1cc([N+](=O)[O-])c(C(=O)Nc2nn(Cc3ccc(F)cc3)cc2Br)n1. The molecular formula is C16H14BrFN6O3. The molecule has 1 amide bonds. The molecule has 0 bridgehead atoms. The van der Waals surface area contributed by atoms with E-state index in [4.69, 9.17) is 0 Å². The highest BCUT2D eigenvalue weighted by molar-refractivity contribution is 9.10. The molecule has 0 saturated carbocycles. The molecule has 0 saturated heterocycles. The monoisotopic (exact) mass is 436 g/mol. The number of halogens is 2. The number of rotatable bonds is 6. The summed E-state index contributed by atoms with van der Waals surface area (Å²) in [4.78, 5) is 22.9. The molecule has 0 unspecified atom stereocenters. The maximum absolute atomic E-state index is 13.0. The molecule has 1 aromatic carbocycles. The van der Waals surface area contributed by atoms with Gasteiger partial charge in [0.2, 0.25) is 5.69 Å². The number of nitrogens with one attached hydrogen (secondary N) is 1. The van der Waals surface area contributed by atoms with Crippen LogP contribution in [0, 0.1) is 15.9 Å². The van der Waals surface area contributed by atoms with E-state index in [-0.39, 0.29) is 23.0 Å². The zero-order chi connectivity index (χ0) is 19.6. The first-order valence-corrected chi connectivity index (χ1v) is 8.67. The molecule has 0 spiro atoms. The first-order chi connectivity index (χ1) is 12.9. The summed E-state index contributed by atoms with van der Waals surface area (Å²) in [6.07, 6.45) is 2.84. The molecule has 0 atom stereocenters. The Kier molecular flexibility index (Phi) is 5.31. The van der Waals surface area contributed by atoms with E-state index in [0.717, 1.165) is 5.56 Å². The second-order valence-electron chi connectivity index (χ2n) is 5.58. The third kappa shape index (κ3) is 4.19. The number of carbonyl (C=O) groups is 1. The number of nitro groups is 1. The van der Waals surface area contributed by atoms with Crippen molar-refractivity contribution < 1.29 is 14.1 Å². The van der Waals surface area contributed by atoms with Crippen LogP contribution >= 0.6 is 15.9 Å². The van der Waals surface area contributed by atoms with Gasteiger partial charge in [-0.1, -0.05) is 12.1 Å². The van der Waals surface area contributed by atoms with Crippen LogP contribution in [0.3, 0.4) is 0 Å². The standard InChI is InChI=1S/C16H14BrFN6O3/c1-2-22-9-13(24(26)27)14(20-22)16(25)19-15-12(17)8-23(21-15)7-10-3-5-11(18)6-4-10/h3-6,8-9H,2,7H2,1H3,(H,19,21,25). The van der Waals surface area contributed by atoms with Crippen molar-refractivity contribution in [3.05, 3.63) is 68.3 Å². The smallest absolute Gasteiger partial charge is 0.302 e. The Labute approximate surface area is 161 Å². The number of amides is 1. The Morgan fingerprint density at radius 1 is 1.26 bits per heavy atom. The van der Waals surface area contributed by atoms with Gasteiger partial charge in [0.1, 0.15) is 12.0 Å². The third-order valence-corrected chi connectivity index (χ3v) is 4.27. The van der Waals surface area contributed by atoms with Gasteiger partial charge in [0, 0.05) is 12.7 Å². The van der Waals surface area contributed by atoms with E-state index >= 15 is 0 Å². The quantitative estimate of drug-likeness (QED) is 0.471. The lowest BCUT2D eigenvalue weighted by atomic mass is 10.2. The molecule has 27 heavy (non-hydrogen) atoms. The summed E-state index contributed by atoms with van der Waals surface area (Å²) in [5, 5.41) is 21.8. The first kappa shape index (κ1) is 18.7. The topological polar surface area (TPSA) is 108 Å². The molecule has 0 aliphatic rings. The van der Waals surface area contributed by atoms with Crippen molar-refractivity contribution in [2.45, 2.75) is 20.0 Å². The van der Waals surface area contributed by atoms with Crippen LogP contribution in [0.2, 0.25) is 0 Å². The molecule has 0 radical (unpaired) electrons. The van der Waals surface area contributed by atoms with Gasteiger partial charge in [-0.3, -0.25) is 24.3 Å². The van der Waals surface area contributed by atoms with Crippen LogP contribution in [-0.4, -0.2) is 30.4 Å². The minimum absolute atomic E-state index is 0.197. The van der Waals surface area contributed by atoms with Crippen LogP contribution in [0.4, 0.5) is 15.9 Å². The number of anilines is 1. The van der Waals surface area contributed by atoms with Gasteiger partial charge in [-0.25, -0.2) is 4.39 Å². The maximum Gasteiger partial charge on any atom is 0.320 e. The van der Waals surface area contributed by atoms with Crippen LogP contribution in [-0.2, 0) is 13.1 Å². The normalized spacial score (nSPS) is 10.8. The summed E-state index contributed by atoms with van der Waals surface area (Å²) in [6, 6.07) is 5.95. The van der Waals surface area contributed by atoms with Crippen molar-refractivity contribution in [1.29, 1.82) is 0 Å². The molecule has 140 valence electrons. The lowest BCUT2D eigenvalue weighted by molar-refractivity contribution is -0.385. The fraction of sp³-hybridized carbons (Fsp3) is 0.188. The van der Waals surface area contributed by atoms with Gasteiger partial charge >= 0.3 is 5.69 Å². The lowest BCUT2D eigenvalue weighted by Gasteiger charge is -2.02. The minimum Gasteiger partial charge on any atom is -0.302 e. The van der Waals surface area contributed by atoms with E-state index in [2.05, 4.69) is 31.4 Å². The molecule has 2 heterocycles. The van der Waals surface area contributed by atoms with E-state index in [9.17, 15) is 19.3 Å². The molecule has 3 rings (SSSR count). The summed E-state index contributed by atoms with van der Waals surface area (Å²) in [6.45, 7) is 2.51. The van der Waals surface area contributed by atoms with E-state index in [1.54, 1.807) is 29.9 Å². The summed E-state index contributed by atoms with van der Waals surface area (Å²) in [5.74, 6) is -0.870. The Morgan fingerprint density at radius 3 is 2.59 bits per heavy atom. The van der Waals surface area contributed by atoms with Gasteiger partial charge in [-0.15, -0.1) is 0 Å². The summed E-state index contributed by atoms with van der Waals surface area (Å²) in [7, 11) is 0. The van der Waals surface area contributed by atoms with Crippen molar-refractivity contribution >= 4 is 33.3 Å². The highest BCUT2D eigenvalue weighted by Gasteiger charge is 2.26. The van der Waals surface area contributed by atoms with Crippen LogP contribution in [0.1, 0.15) is 23.0 Å². The molecule has 0 aliphatic carbocycles. The Hall–Kier alpha value is -3.08. The average molecular weight is 437 g/mol. The van der Waals surface area contributed by atoms with Crippen molar-refractivity contribution in [2.75, 3.05) is 5.32 Å². The molecule has 3 aromatic rings. The Bertz CT molecular complexity index is 998. The van der Waals surface area contributed by atoms with Crippen LogP contribution in [0.15, 0.2) is 41.1 Å². The molecular weight excluding hydrogens is 423 g/mol. The van der Waals surface area contributed by atoms with Gasteiger partial charge in [0.25, 0.3) is 5.91 Å². The van der Waals surface area contributed by atoms with E-state index < -0.39 is 10.8 Å². The van der Waals surface area contributed by atoms with Crippen LogP contribution in [0.25, 0.3) is 0 Å². The molecule has 0 fully saturated rings. The van der Waals surface area contributed by atoms with Gasteiger partial charge in [0.15, 0.2) is 5.82 Å². The number of aromatic nitrogens is 4. The Balaban J connectivity index is 1.79. The average Bonchev–Trinajstić information content (AvgIpc) is 3.21. The first-order valence-electron chi connectivity index (χ1n) is 7.88. The van der Waals surface area contributed by atoms with Crippen molar-refractivity contribution in [3.63, 3.8) is 0 Å². The summed E-state index contributed by atoms with van der Waals surface area (Å²) >= 11 is 3.29. The summed E-state index contributed by atoms with van der Waals surface area (Å²) in [5.41, 5.74) is 0.152. The highest BCUT2D eigenvalue weighted by atomic mass is 79.9. The molecule has 9 nitrogen and oxygen atoms in total. The fourth-order valence-electron chi connectivity index (χ4n) is 2.37. The maximum atomic E-state index is 13.0. The van der Waals surface area contributed by atoms with E-state index in [0.29, 0.717) is 17.6 Å². The highest BCUT2D eigenvalue weighted by Crippen LogP contribution is 2.23. The van der Waals surface area contributed by atoms with Gasteiger partial charge < -0.3 is 5.32 Å². The third-order valence-electron chi connectivity index (χ3n) is 3.68. The second-order valence-corrected chi connectivity index (χ2v) is 6.43. The zero-order valence-corrected chi connectivity index (χ0v) is 15.7. The Morgan fingerprint density at radius 2 is 1.96 bits per heavy atom. The molecule has 2 aromatic heterocycles. The van der Waals surface area contributed by atoms with Crippen molar-refractivity contribution in [2.24, 2.45) is 0 Å². The number of hydrogen-bond acceptors (Lipinski definition) is 5. The molecule has 0 aliphatic heterocycles.